The molecule has 4 heterocycles. The van der Waals surface area contributed by atoms with Crippen LogP contribution < -0.4 is 14.8 Å². The van der Waals surface area contributed by atoms with E-state index in [2.05, 4.69) is 52.8 Å². The predicted molar refractivity (Wildman–Crippen MR) is 209 cm³/mol. The van der Waals surface area contributed by atoms with Gasteiger partial charge in [-0.25, -0.2) is 24.2 Å². The second-order valence-corrected chi connectivity index (χ2v) is 19.9. The molecule has 1 saturated heterocycles. The standard InChI is InChI=1S/C40H54ClN7O6S/c1-25(2)28(13-11-26-23-38(6,7)47(24-26)36(50)54-37(3,4)5)42-30-9-8-10-33(43-30)55(51,52)46-35(49)27-12-14-31(44-34(27)41)48-21-15-32(45-48)53-22-16-29-39(17-18-39)40(29)19-20-40/h8-10,12,14-15,21,25-26,28-29H,11,13,16-20,22-24H2,1-7H3,(H,42,43)(H,46,49)/t26-,28?/m1/s1. The van der Waals surface area contributed by atoms with Crippen LogP contribution in [0.15, 0.2) is 47.6 Å². The third kappa shape index (κ3) is 8.17. The number of sulfonamides is 1. The quantitative estimate of drug-likeness (QED) is 0.155. The van der Waals surface area contributed by atoms with Crippen molar-refractivity contribution in [1.29, 1.82) is 0 Å². The van der Waals surface area contributed by atoms with Gasteiger partial charge in [-0.3, -0.25) is 4.79 Å². The summed E-state index contributed by atoms with van der Waals surface area (Å²) in [6, 6.07) is 9.29. The van der Waals surface area contributed by atoms with Gasteiger partial charge in [-0.15, -0.1) is 5.10 Å². The Morgan fingerprint density at radius 3 is 2.36 bits per heavy atom. The van der Waals surface area contributed by atoms with Gasteiger partial charge in [-0.05, 0) is 139 Å². The summed E-state index contributed by atoms with van der Waals surface area (Å²) >= 11 is 6.41. The van der Waals surface area contributed by atoms with E-state index < -0.39 is 21.5 Å². The molecule has 2 atom stereocenters. The monoisotopic (exact) mass is 795 g/mol. The fourth-order valence-corrected chi connectivity index (χ4v) is 10.3. The third-order valence-corrected chi connectivity index (χ3v) is 13.7. The number of carbonyl (C=O) groups is 2. The summed E-state index contributed by atoms with van der Waals surface area (Å²) in [5, 5.41) is 7.37. The predicted octanol–water partition coefficient (Wildman–Crippen LogP) is 7.65. The molecule has 3 aliphatic carbocycles. The molecule has 4 aliphatic rings. The van der Waals surface area contributed by atoms with E-state index in [1.54, 1.807) is 30.5 Å². The summed E-state index contributed by atoms with van der Waals surface area (Å²) in [5.41, 5.74) is 0.283. The van der Waals surface area contributed by atoms with Crippen molar-refractivity contribution in [3.63, 3.8) is 0 Å². The molecule has 55 heavy (non-hydrogen) atoms. The van der Waals surface area contributed by atoms with Crippen molar-refractivity contribution in [3.8, 4) is 11.7 Å². The Morgan fingerprint density at radius 2 is 1.73 bits per heavy atom. The summed E-state index contributed by atoms with van der Waals surface area (Å²) < 4.78 is 42.0. The number of nitrogens with one attached hydrogen (secondary N) is 2. The number of nitrogens with zero attached hydrogens (tertiary/aromatic N) is 5. The smallest absolute Gasteiger partial charge is 0.410 e. The zero-order valence-electron chi connectivity index (χ0n) is 32.9. The Balaban J connectivity index is 0.926. The molecule has 7 rings (SSSR count). The van der Waals surface area contributed by atoms with Crippen molar-refractivity contribution < 1.29 is 27.5 Å². The van der Waals surface area contributed by atoms with Crippen molar-refractivity contribution in [2.75, 3.05) is 18.5 Å². The van der Waals surface area contributed by atoms with Crippen LogP contribution in [0.3, 0.4) is 0 Å². The van der Waals surface area contributed by atoms with E-state index in [1.807, 2.05) is 25.7 Å². The molecular weight excluding hydrogens is 742 g/mol. The molecule has 1 aliphatic heterocycles. The molecule has 2 N–H and O–H groups in total. The molecule has 2 amide bonds. The number of halogens is 1. The van der Waals surface area contributed by atoms with E-state index in [1.165, 1.54) is 42.5 Å². The third-order valence-electron chi connectivity index (χ3n) is 12.2. The molecule has 4 fully saturated rings. The van der Waals surface area contributed by atoms with Gasteiger partial charge in [0.15, 0.2) is 10.8 Å². The van der Waals surface area contributed by atoms with Gasteiger partial charge in [0.25, 0.3) is 15.9 Å². The molecular formula is C40H54ClN7O6S. The summed E-state index contributed by atoms with van der Waals surface area (Å²) in [7, 11) is -4.37. The Kier molecular flexibility index (Phi) is 10.2. The van der Waals surface area contributed by atoms with Crippen LogP contribution in [-0.4, -0.2) is 75.4 Å². The van der Waals surface area contributed by atoms with Crippen molar-refractivity contribution in [2.24, 2.45) is 28.6 Å². The second-order valence-electron chi connectivity index (χ2n) is 17.9. The Hall–Kier alpha value is -3.91. The minimum Gasteiger partial charge on any atom is -0.477 e. The van der Waals surface area contributed by atoms with E-state index in [-0.39, 0.29) is 45.3 Å². The summed E-state index contributed by atoms with van der Waals surface area (Å²) in [6.45, 7) is 15.1. The van der Waals surface area contributed by atoms with Crippen LogP contribution in [0.2, 0.25) is 5.15 Å². The maximum Gasteiger partial charge on any atom is 0.410 e. The van der Waals surface area contributed by atoms with Gasteiger partial charge in [-0.1, -0.05) is 31.5 Å². The number of ether oxygens (including phenoxy) is 2. The van der Waals surface area contributed by atoms with Crippen LogP contribution in [0.4, 0.5) is 10.6 Å². The van der Waals surface area contributed by atoms with Gasteiger partial charge >= 0.3 is 6.09 Å². The molecule has 1 unspecified atom stereocenters. The van der Waals surface area contributed by atoms with E-state index in [0.29, 0.717) is 41.5 Å². The molecule has 0 radical (unpaired) electrons. The average molecular weight is 796 g/mol. The van der Waals surface area contributed by atoms with Crippen LogP contribution in [0.1, 0.15) is 110 Å². The molecule has 15 heteroatoms. The lowest BCUT2D eigenvalue weighted by atomic mass is 9.89. The molecule has 3 aromatic heterocycles. The number of hydrogen-bond donors (Lipinski definition) is 2. The van der Waals surface area contributed by atoms with Gasteiger partial charge in [0, 0.05) is 30.4 Å². The van der Waals surface area contributed by atoms with Crippen LogP contribution >= 0.6 is 11.6 Å². The van der Waals surface area contributed by atoms with Gasteiger partial charge in [-0.2, -0.15) is 8.42 Å². The topological polar surface area (TPSA) is 158 Å². The fraction of sp³-hybridized carbons (Fsp3) is 0.625. The van der Waals surface area contributed by atoms with E-state index >= 15 is 0 Å². The first-order valence-electron chi connectivity index (χ1n) is 19.5. The van der Waals surface area contributed by atoms with Crippen LogP contribution in [0.25, 0.3) is 5.82 Å². The molecule has 3 aromatic rings. The highest BCUT2D eigenvalue weighted by Crippen LogP contribution is 2.93. The molecule has 13 nitrogen and oxygen atoms in total. The minimum absolute atomic E-state index is 0.0213. The lowest BCUT2D eigenvalue weighted by Crippen LogP contribution is -2.45. The molecule has 0 bridgehead atoms. The summed E-state index contributed by atoms with van der Waals surface area (Å²) in [4.78, 5) is 36.6. The van der Waals surface area contributed by atoms with Crippen molar-refractivity contribution in [1.82, 2.24) is 29.4 Å². The summed E-state index contributed by atoms with van der Waals surface area (Å²) in [5.74, 6) is 1.56. The zero-order chi connectivity index (χ0) is 39.6. The van der Waals surface area contributed by atoms with Crippen molar-refractivity contribution in [3.05, 3.63) is 53.3 Å². The van der Waals surface area contributed by atoms with Crippen LogP contribution in [-0.2, 0) is 14.8 Å². The average Bonchev–Trinajstić information content (AvgIpc) is 4.05. The minimum atomic E-state index is -4.37. The first-order valence-corrected chi connectivity index (χ1v) is 21.4. The first-order chi connectivity index (χ1) is 25.8. The van der Waals surface area contributed by atoms with Crippen molar-refractivity contribution >= 4 is 39.4 Å². The molecule has 3 saturated carbocycles. The number of likely N-dealkylation sites (tertiary alicyclic amines) is 1. The lowest BCUT2D eigenvalue weighted by molar-refractivity contribution is 0.0130. The number of amides is 2. The van der Waals surface area contributed by atoms with Gasteiger partial charge in [0.05, 0.1) is 12.2 Å². The SMILES string of the molecule is CC(C)C(CC[C@H]1CN(C(=O)OC(C)(C)C)C(C)(C)C1)Nc1cccc(S(=O)(=O)NC(=O)c2ccc(-n3ccc(OCCC4C5(CC5)C45CC5)n3)nc2Cl)n1. The van der Waals surface area contributed by atoms with E-state index in [9.17, 15) is 18.0 Å². The zero-order valence-corrected chi connectivity index (χ0v) is 34.5. The second kappa shape index (κ2) is 14.2. The first kappa shape index (κ1) is 39.3. The number of aromatic nitrogens is 4. The Morgan fingerprint density at radius 1 is 1.02 bits per heavy atom. The molecule has 2 spiro atoms. The Labute approximate surface area is 329 Å². The number of hydrogen-bond acceptors (Lipinski definition) is 10. The molecule has 298 valence electrons. The number of anilines is 1. The normalized spacial score (nSPS) is 21.1. The number of pyridine rings is 2. The number of fused-ring (bicyclic) bond motifs is 1. The van der Waals surface area contributed by atoms with Crippen LogP contribution in [0.5, 0.6) is 5.88 Å². The Bertz CT molecular complexity index is 2040. The van der Waals surface area contributed by atoms with Gasteiger partial charge < -0.3 is 19.7 Å². The largest absolute Gasteiger partial charge is 0.477 e. The highest BCUT2D eigenvalue weighted by molar-refractivity contribution is 7.90. The fourth-order valence-electron chi connectivity index (χ4n) is 9.14. The van der Waals surface area contributed by atoms with E-state index in [4.69, 9.17) is 21.1 Å². The highest BCUT2D eigenvalue weighted by Gasteiger charge is 2.85. The number of rotatable bonds is 14. The van der Waals surface area contributed by atoms with E-state index in [0.717, 1.165) is 31.6 Å². The van der Waals surface area contributed by atoms with Gasteiger partial charge in [0.2, 0.25) is 5.88 Å². The van der Waals surface area contributed by atoms with Crippen LogP contribution in [0, 0.1) is 28.6 Å². The molecule has 0 aromatic carbocycles. The highest BCUT2D eigenvalue weighted by atomic mass is 35.5. The van der Waals surface area contributed by atoms with Gasteiger partial charge in [0.1, 0.15) is 16.6 Å². The lowest BCUT2D eigenvalue weighted by Gasteiger charge is -2.33. The number of carbonyl (C=O) groups excluding carboxylic acids is 2. The maximum absolute atomic E-state index is 13.4. The van der Waals surface area contributed by atoms with Crippen molar-refractivity contribution in [2.45, 2.75) is 122 Å². The summed E-state index contributed by atoms with van der Waals surface area (Å²) in [6.07, 6.45) is 10.4. The maximum atomic E-state index is 13.4.